The average molecular weight is 413 g/mol. The molecule has 1 rings (SSSR count). The molecule has 0 aliphatic carbocycles. The second kappa shape index (κ2) is 10.6. The number of hydrogen-bond acceptors (Lipinski definition) is 5. The topological polar surface area (TPSA) is 82.7 Å². The highest BCUT2D eigenvalue weighted by Gasteiger charge is 2.14. The average Bonchev–Trinajstić information content (AvgIpc) is 2.58. The number of hydrogen-bond donors (Lipinski definition) is 4. The van der Waals surface area contributed by atoms with Gasteiger partial charge in [0.05, 0.1) is 17.1 Å². The van der Waals surface area contributed by atoms with Gasteiger partial charge in [-0.3, -0.25) is 5.14 Å². The van der Waals surface area contributed by atoms with Gasteiger partial charge in [-0.2, -0.15) is 0 Å². The number of amidine groups is 1. The largest absolute Gasteiger partial charge is 0.394 e. The van der Waals surface area contributed by atoms with Crippen molar-refractivity contribution in [3.05, 3.63) is 47.2 Å². The summed E-state index contributed by atoms with van der Waals surface area (Å²) < 4.78 is 0.734. The minimum absolute atomic E-state index is 0.0266. The Labute approximate surface area is 156 Å². The first-order valence-electron chi connectivity index (χ1n) is 7.60. The van der Waals surface area contributed by atoms with Gasteiger partial charge in [0.2, 0.25) is 0 Å². The molecule has 0 fully saturated rings. The molecule has 24 heavy (non-hydrogen) atoms. The van der Waals surface area contributed by atoms with E-state index in [1.54, 1.807) is 6.08 Å². The number of nitrogens with one attached hydrogen (secondary N) is 2. The molecule has 0 aliphatic rings. The Morgan fingerprint density at radius 1 is 1.42 bits per heavy atom. The molecule has 5 N–H and O–H groups in total. The monoisotopic (exact) mass is 412 g/mol. The molecular weight excluding hydrogens is 388 g/mol. The predicted octanol–water partition coefficient (Wildman–Crippen LogP) is 3.84. The van der Waals surface area contributed by atoms with Crippen molar-refractivity contribution >= 4 is 39.4 Å². The van der Waals surface area contributed by atoms with Crippen LogP contribution in [0.5, 0.6) is 0 Å². The highest BCUT2D eigenvalue weighted by molar-refractivity contribution is 9.11. The molecule has 1 aromatic carbocycles. The quantitative estimate of drug-likeness (QED) is 0.225. The van der Waals surface area contributed by atoms with Crippen molar-refractivity contribution in [2.24, 2.45) is 16.0 Å². The normalized spacial score (nSPS) is 14.2. The molecule has 1 aromatic rings. The maximum Gasteiger partial charge on any atom is 0.142 e. The molecule has 0 amide bonds. The molecule has 0 saturated carbocycles. The van der Waals surface area contributed by atoms with E-state index < -0.39 is 0 Å². The van der Waals surface area contributed by atoms with Crippen molar-refractivity contribution in [2.75, 3.05) is 11.9 Å². The van der Waals surface area contributed by atoms with E-state index >= 15 is 0 Å². The number of halogens is 1. The Bertz CT molecular complexity index is 599. The van der Waals surface area contributed by atoms with Crippen LogP contribution in [0.1, 0.15) is 20.8 Å². The van der Waals surface area contributed by atoms with Crippen molar-refractivity contribution in [3.63, 3.8) is 0 Å². The third-order valence-electron chi connectivity index (χ3n) is 3.32. The van der Waals surface area contributed by atoms with Gasteiger partial charge in [0.15, 0.2) is 0 Å². The van der Waals surface area contributed by atoms with Gasteiger partial charge in [-0.1, -0.05) is 26.5 Å². The molecule has 0 aromatic heterocycles. The van der Waals surface area contributed by atoms with E-state index in [0.29, 0.717) is 11.7 Å². The standard InChI is InChI=1S/C17H25BrN4OS/c1-5-15(18)17(22-16(10-23)11(2)3)21-12(4)20-13-6-8-14(24-19)9-7-13/h5-9,11,16,22-23H,1,10,19H2,2-4H3,(H,20,21)/b17-15-. The molecule has 1 unspecified atom stereocenters. The fraction of sp³-hybridized carbons (Fsp3) is 0.353. The van der Waals surface area contributed by atoms with E-state index in [1.165, 1.54) is 11.9 Å². The first-order valence-corrected chi connectivity index (χ1v) is 9.27. The van der Waals surface area contributed by atoms with E-state index in [4.69, 9.17) is 5.14 Å². The molecule has 0 bridgehead atoms. The summed E-state index contributed by atoms with van der Waals surface area (Å²) in [5, 5.41) is 21.5. The summed E-state index contributed by atoms with van der Waals surface area (Å²) >= 11 is 4.66. The van der Waals surface area contributed by atoms with Crippen LogP contribution in [0, 0.1) is 5.92 Å². The van der Waals surface area contributed by atoms with Gasteiger partial charge in [0, 0.05) is 10.6 Å². The lowest BCUT2D eigenvalue weighted by molar-refractivity contribution is 0.219. The summed E-state index contributed by atoms with van der Waals surface area (Å²) in [5.74, 6) is 1.60. The van der Waals surface area contributed by atoms with Gasteiger partial charge in [-0.25, -0.2) is 4.99 Å². The van der Waals surface area contributed by atoms with Gasteiger partial charge in [0.25, 0.3) is 0 Å². The van der Waals surface area contributed by atoms with E-state index in [-0.39, 0.29) is 18.6 Å². The van der Waals surface area contributed by atoms with E-state index in [9.17, 15) is 5.11 Å². The fourth-order valence-corrected chi connectivity index (χ4v) is 2.37. The lowest BCUT2D eigenvalue weighted by Gasteiger charge is -2.22. The third-order valence-corrected chi connectivity index (χ3v) is 4.57. The smallest absolute Gasteiger partial charge is 0.142 e. The van der Waals surface area contributed by atoms with Gasteiger partial charge in [-0.05, 0) is 65.0 Å². The van der Waals surface area contributed by atoms with Crippen LogP contribution in [-0.4, -0.2) is 23.6 Å². The summed E-state index contributed by atoms with van der Waals surface area (Å²) in [6, 6.07) is 7.67. The lowest BCUT2D eigenvalue weighted by atomic mass is 10.1. The Morgan fingerprint density at radius 3 is 2.50 bits per heavy atom. The molecule has 0 saturated heterocycles. The van der Waals surface area contributed by atoms with Crippen LogP contribution >= 0.6 is 27.9 Å². The summed E-state index contributed by atoms with van der Waals surface area (Å²) in [6.07, 6.45) is 1.67. The number of anilines is 1. The zero-order chi connectivity index (χ0) is 18.1. The fourth-order valence-electron chi connectivity index (χ4n) is 1.87. The summed E-state index contributed by atoms with van der Waals surface area (Å²) in [4.78, 5) is 5.57. The summed E-state index contributed by atoms with van der Waals surface area (Å²) in [5.41, 5.74) is 0.922. The molecule has 0 radical (unpaired) electrons. The summed E-state index contributed by atoms with van der Waals surface area (Å²) in [7, 11) is 0. The second-order valence-electron chi connectivity index (χ2n) is 5.54. The number of allylic oxidation sites excluding steroid dienone is 2. The van der Waals surface area contributed by atoms with E-state index in [2.05, 4.69) is 38.1 Å². The molecule has 0 spiro atoms. The Balaban J connectivity index is 2.94. The zero-order valence-corrected chi connectivity index (χ0v) is 16.6. The Hall–Kier alpha value is -1.28. The van der Waals surface area contributed by atoms with Crippen molar-refractivity contribution in [1.82, 2.24) is 5.32 Å². The lowest BCUT2D eigenvalue weighted by Crippen LogP contribution is -2.36. The molecule has 132 valence electrons. The van der Waals surface area contributed by atoms with E-state index in [1.807, 2.05) is 45.0 Å². The maximum atomic E-state index is 9.52. The minimum Gasteiger partial charge on any atom is -0.394 e. The highest BCUT2D eigenvalue weighted by Crippen LogP contribution is 2.17. The molecule has 7 heteroatoms. The minimum atomic E-state index is -0.0927. The molecule has 5 nitrogen and oxygen atoms in total. The number of benzene rings is 1. The first-order chi connectivity index (χ1) is 11.4. The highest BCUT2D eigenvalue weighted by atomic mass is 79.9. The van der Waals surface area contributed by atoms with Crippen molar-refractivity contribution in [3.8, 4) is 0 Å². The number of nitrogens with zero attached hydrogens (tertiary/aromatic N) is 1. The molecule has 1 atom stereocenters. The molecule has 0 aliphatic heterocycles. The molecule has 0 heterocycles. The Kier molecular flexibility index (Phi) is 9.13. The van der Waals surface area contributed by atoms with Crippen LogP contribution in [-0.2, 0) is 0 Å². The number of aliphatic hydroxyl groups excluding tert-OH is 1. The Morgan fingerprint density at radius 2 is 2.04 bits per heavy atom. The zero-order valence-electron chi connectivity index (χ0n) is 14.2. The predicted molar refractivity (Wildman–Crippen MR) is 108 cm³/mol. The van der Waals surface area contributed by atoms with Gasteiger partial charge in [-0.15, -0.1) is 0 Å². The van der Waals surface area contributed by atoms with Crippen LogP contribution in [0.2, 0.25) is 0 Å². The van der Waals surface area contributed by atoms with Crippen molar-refractivity contribution in [2.45, 2.75) is 31.7 Å². The van der Waals surface area contributed by atoms with Gasteiger partial charge < -0.3 is 15.7 Å². The van der Waals surface area contributed by atoms with Crippen molar-refractivity contribution < 1.29 is 5.11 Å². The molecular formula is C17H25BrN4OS. The first kappa shape index (κ1) is 20.8. The number of aliphatic hydroxyl groups is 1. The van der Waals surface area contributed by atoms with Crippen LogP contribution < -0.4 is 15.8 Å². The van der Waals surface area contributed by atoms with Crippen LogP contribution in [0.15, 0.2) is 57.1 Å². The van der Waals surface area contributed by atoms with Crippen LogP contribution in [0.3, 0.4) is 0 Å². The van der Waals surface area contributed by atoms with E-state index in [0.717, 1.165) is 15.1 Å². The van der Waals surface area contributed by atoms with Gasteiger partial charge >= 0.3 is 0 Å². The maximum absolute atomic E-state index is 9.52. The van der Waals surface area contributed by atoms with Crippen molar-refractivity contribution in [1.29, 1.82) is 0 Å². The number of aliphatic imine (C=N–C) groups is 1. The second-order valence-corrected chi connectivity index (χ2v) is 7.10. The van der Waals surface area contributed by atoms with Gasteiger partial charge in [0.1, 0.15) is 11.7 Å². The number of rotatable bonds is 8. The SMILES string of the molecule is C=C/C(Br)=C(\N=C(/C)Nc1ccc(SN)cc1)NC(CO)C(C)C. The van der Waals surface area contributed by atoms with Crippen LogP contribution in [0.4, 0.5) is 5.69 Å². The third kappa shape index (κ3) is 6.68. The number of nitrogens with two attached hydrogens (primary N) is 1. The summed E-state index contributed by atoms with van der Waals surface area (Å²) in [6.45, 7) is 9.74. The van der Waals surface area contributed by atoms with Crippen LogP contribution in [0.25, 0.3) is 0 Å².